The summed E-state index contributed by atoms with van der Waals surface area (Å²) < 4.78 is 6.26. The molecule has 0 saturated carbocycles. The molecule has 19 heavy (non-hydrogen) atoms. The zero-order valence-electron chi connectivity index (χ0n) is 10.4. The summed E-state index contributed by atoms with van der Waals surface area (Å²) in [5, 5.41) is 10.9. The van der Waals surface area contributed by atoms with Gasteiger partial charge in [0.2, 0.25) is 0 Å². The van der Waals surface area contributed by atoms with E-state index in [9.17, 15) is 5.11 Å². The molecule has 0 unspecified atom stereocenters. The Morgan fingerprint density at radius 3 is 2.53 bits per heavy atom. The highest BCUT2D eigenvalue weighted by Gasteiger charge is 2.14. The van der Waals surface area contributed by atoms with Crippen molar-refractivity contribution in [2.75, 3.05) is 6.61 Å². The van der Waals surface area contributed by atoms with Crippen LogP contribution < -0.4 is 4.74 Å². The van der Waals surface area contributed by atoms with Gasteiger partial charge in [-0.2, -0.15) is 0 Å². The fourth-order valence-corrected chi connectivity index (χ4v) is 2.42. The van der Waals surface area contributed by atoms with Gasteiger partial charge in [0.1, 0.15) is 11.9 Å². The van der Waals surface area contributed by atoms with Crippen LogP contribution in [0.2, 0.25) is 5.02 Å². The second-order valence-corrected chi connectivity index (χ2v) is 5.39. The molecule has 2 rings (SSSR count). The quantitative estimate of drug-likeness (QED) is 0.882. The van der Waals surface area contributed by atoms with Gasteiger partial charge >= 0.3 is 0 Å². The largest absolute Gasteiger partial charge is 0.494 e. The Labute approximate surface area is 126 Å². The van der Waals surface area contributed by atoms with Gasteiger partial charge in [-0.25, -0.2) is 0 Å². The molecule has 2 nitrogen and oxygen atoms in total. The second kappa shape index (κ2) is 6.42. The normalized spacial score (nSPS) is 12.2. The van der Waals surface area contributed by atoms with Crippen LogP contribution in [-0.4, -0.2) is 11.7 Å². The minimum Gasteiger partial charge on any atom is -0.494 e. The summed E-state index contributed by atoms with van der Waals surface area (Å²) >= 11 is 9.50. The van der Waals surface area contributed by atoms with Crippen LogP contribution in [0.4, 0.5) is 0 Å². The van der Waals surface area contributed by atoms with Gasteiger partial charge < -0.3 is 9.84 Å². The fraction of sp³-hybridized carbons (Fsp3) is 0.200. The molecule has 0 aliphatic carbocycles. The Kier molecular flexibility index (Phi) is 4.86. The number of aliphatic hydroxyl groups is 1. The molecule has 0 saturated heterocycles. The van der Waals surface area contributed by atoms with Gasteiger partial charge in [0.15, 0.2) is 0 Å². The zero-order chi connectivity index (χ0) is 13.8. The first-order chi connectivity index (χ1) is 9.11. The molecule has 0 aliphatic rings. The van der Waals surface area contributed by atoms with Gasteiger partial charge in [0, 0.05) is 15.1 Å². The summed E-state index contributed by atoms with van der Waals surface area (Å²) in [7, 11) is 0. The van der Waals surface area contributed by atoms with Crippen molar-refractivity contribution in [3.8, 4) is 5.75 Å². The Bertz CT molecular complexity index is 555. The Morgan fingerprint density at radius 1 is 1.21 bits per heavy atom. The highest BCUT2D eigenvalue weighted by Crippen LogP contribution is 2.31. The molecule has 1 N–H and O–H groups in total. The van der Waals surface area contributed by atoms with E-state index < -0.39 is 6.10 Å². The van der Waals surface area contributed by atoms with Gasteiger partial charge in [0.05, 0.1) is 6.61 Å². The third kappa shape index (κ3) is 3.50. The van der Waals surface area contributed by atoms with Crippen LogP contribution in [0.5, 0.6) is 5.75 Å². The number of halogens is 2. The average molecular weight is 342 g/mol. The molecule has 0 aliphatic heterocycles. The van der Waals surface area contributed by atoms with E-state index >= 15 is 0 Å². The van der Waals surface area contributed by atoms with Crippen molar-refractivity contribution in [3.05, 3.63) is 63.1 Å². The maximum absolute atomic E-state index is 10.4. The van der Waals surface area contributed by atoms with Crippen molar-refractivity contribution in [1.29, 1.82) is 0 Å². The van der Waals surface area contributed by atoms with Crippen molar-refractivity contribution in [3.63, 3.8) is 0 Å². The van der Waals surface area contributed by atoms with E-state index in [1.54, 1.807) is 6.07 Å². The molecule has 0 radical (unpaired) electrons. The van der Waals surface area contributed by atoms with Gasteiger partial charge in [-0.1, -0.05) is 39.7 Å². The lowest BCUT2D eigenvalue weighted by Gasteiger charge is -2.14. The SMILES string of the molecule is CCOc1ccc([C@@H](O)c2cc(Br)ccc2Cl)cc1. The lowest BCUT2D eigenvalue weighted by molar-refractivity contribution is 0.220. The Morgan fingerprint density at radius 2 is 1.89 bits per heavy atom. The van der Waals surface area contributed by atoms with E-state index in [0.29, 0.717) is 17.2 Å². The highest BCUT2D eigenvalue weighted by molar-refractivity contribution is 9.10. The third-order valence-corrected chi connectivity index (χ3v) is 3.60. The van der Waals surface area contributed by atoms with E-state index in [0.717, 1.165) is 15.8 Å². The lowest BCUT2D eigenvalue weighted by atomic mass is 10.0. The van der Waals surface area contributed by atoms with Gasteiger partial charge in [0.25, 0.3) is 0 Å². The maximum Gasteiger partial charge on any atom is 0.119 e. The number of aliphatic hydroxyl groups excluding tert-OH is 1. The summed E-state index contributed by atoms with van der Waals surface area (Å²) in [6.45, 7) is 2.56. The van der Waals surface area contributed by atoms with Crippen molar-refractivity contribution in [1.82, 2.24) is 0 Å². The maximum atomic E-state index is 10.4. The molecule has 0 spiro atoms. The van der Waals surface area contributed by atoms with Gasteiger partial charge in [-0.05, 0) is 42.8 Å². The summed E-state index contributed by atoms with van der Waals surface area (Å²) in [5.74, 6) is 0.791. The fourth-order valence-electron chi connectivity index (χ4n) is 1.82. The van der Waals surface area contributed by atoms with Crippen LogP contribution in [-0.2, 0) is 0 Å². The summed E-state index contributed by atoms with van der Waals surface area (Å²) in [6.07, 6.45) is -0.749. The topological polar surface area (TPSA) is 29.5 Å². The number of rotatable bonds is 4. The predicted octanol–water partition coefficient (Wildman–Crippen LogP) is 4.58. The van der Waals surface area contributed by atoms with E-state index in [1.165, 1.54) is 0 Å². The zero-order valence-corrected chi connectivity index (χ0v) is 12.8. The molecular weight excluding hydrogens is 328 g/mol. The molecule has 2 aromatic carbocycles. The monoisotopic (exact) mass is 340 g/mol. The molecule has 100 valence electrons. The minimum absolute atomic E-state index is 0.546. The molecule has 0 amide bonds. The minimum atomic E-state index is -0.749. The molecule has 1 atom stereocenters. The van der Waals surface area contributed by atoms with E-state index in [-0.39, 0.29) is 0 Å². The number of hydrogen-bond donors (Lipinski definition) is 1. The van der Waals surface area contributed by atoms with E-state index in [4.69, 9.17) is 16.3 Å². The predicted molar refractivity (Wildman–Crippen MR) is 80.8 cm³/mol. The van der Waals surface area contributed by atoms with Crippen LogP contribution in [0.1, 0.15) is 24.2 Å². The van der Waals surface area contributed by atoms with Crippen LogP contribution in [0.25, 0.3) is 0 Å². The molecular formula is C15H14BrClO2. The molecule has 0 bridgehead atoms. The first-order valence-corrected chi connectivity index (χ1v) is 7.14. The van der Waals surface area contributed by atoms with Crippen LogP contribution in [0.3, 0.4) is 0 Å². The standard InChI is InChI=1S/C15H14BrClO2/c1-2-19-12-6-3-10(4-7-12)15(18)13-9-11(16)5-8-14(13)17/h3-9,15,18H,2H2,1H3/t15-/m1/s1. The third-order valence-electron chi connectivity index (χ3n) is 2.76. The number of hydrogen-bond acceptors (Lipinski definition) is 2. The molecule has 0 fully saturated rings. The Hall–Kier alpha value is -1.03. The van der Waals surface area contributed by atoms with Gasteiger partial charge in [-0.3, -0.25) is 0 Å². The smallest absolute Gasteiger partial charge is 0.119 e. The summed E-state index contributed by atoms with van der Waals surface area (Å²) in [5.41, 5.74) is 1.46. The average Bonchev–Trinajstić information content (AvgIpc) is 2.42. The number of ether oxygens (including phenoxy) is 1. The molecule has 4 heteroatoms. The molecule has 0 heterocycles. The Balaban J connectivity index is 2.27. The summed E-state index contributed by atoms with van der Waals surface area (Å²) in [6, 6.07) is 12.8. The first kappa shape index (κ1) is 14.4. The van der Waals surface area contributed by atoms with Crippen molar-refractivity contribution < 1.29 is 9.84 Å². The van der Waals surface area contributed by atoms with E-state index in [1.807, 2.05) is 43.3 Å². The van der Waals surface area contributed by atoms with E-state index in [2.05, 4.69) is 15.9 Å². The van der Waals surface area contributed by atoms with Crippen molar-refractivity contribution in [2.45, 2.75) is 13.0 Å². The van der Waals surface area contributed by atoms with Crippen LogP contribution in [0.15, 0.2) is 46.9 Å². The first-order valence-electron chi connectivity index (χ1n) is 5.97. The lowest BCUT2D eigenvalue weighted by Crippen LogP contribution is -2.01. The van der Waals surface area contributed by atoms with Crippen LogP contribution in [0, 0.1) is 0 Å². The molecule has 0 aromatic heterocycles. The van der Waals surface area contributed by atoms with Crippen molar-refractivity contribution in [2.24, 2.45) is 0 Å². The second-order valence-electron chi connectivity index (χ2n) is 4.07. The van der Waals surface area contributed by atoms with Gasteiger partial charge in [-0.15, -0.1) is 0 Å². The highest BCUT2D eigenvalue weighted by atomic mass is 79.9. The number of benzene rings is 2. The summed E-state index contributed by atoms with van der Waals surface area (Å²) in [4.78, 5) is 0. The molecule has 2 aromatic rings. The van der Waals surface area contributed by atoms with Crippen molar-refractivity contribution >= 4 is 27.5 Å². The van der Waals surface area contributed by atoms with Crippen LogP contribution >= 0.6 is 27.5 Å².